The number of aromatic nitrogens is 1. The van der Waals surface area contributed by atoms with Crippen molar-refractivity contribution in [2.24, 2.45) is 5.73 Å². The predicted octanol–water partition coefficient (Wildman–Crippen LogP) is 0.625. The summed E-state index contributed by atoms with van der Waals surface area (Å²) in [7, 11) is 0. The first-order valence-corrected chi connectivity index (χ1v) is 4.75. The van der Waals surface area contributed by atoms with Crippen LogP contribution in [0.5, 0.6) is 0 Å². The minimum atomic E-state index is -0.484. The number of pyridine rings is 1. The van der Waals surface area contributed by atoms with E-state index in [2.05, 4.69) is 10.4 Å². The highest BCUT2D eigenvalue weighted by Crippen LogP contribution is 2.24. The normalized spacial score (nSPS) is 14.1. The second-order valence-electron chi connectivity index (χ2n) is 2.57. The van der Waals surface area contributed by atoms with E-state index in [0.717, 1.165) is 0 Å². The van der Waals surface area contributed by atoms with E-state index in [1.165, 1.54) is 11.9 Å². The van der Waals surface area contributed by atoms with Crippen molar-refractivity contribution in [3.05, 3.63) is 35.5 Å². The summed E-state index contributed by atoms with van der Waals surface area (Å²) in [4.78, 5) is 15.2. The maximum atomic E-state index is 11.1. The molecule has 72 valence electrons. The van der Waals surface area contributed by atoms with Crippen molar-refractivity contribution in [2.75, 3.05) is 4.41 Å². The van der Waals surface area contributed by atoms with Crippen LogP contribution in [0.4, 0.5) is 5.82 Å². The van der Waals surface area contributed by atoms with Crippen molar-refractivity contribution in [3.8, 4) is 0 Å². The van der Waals surface area contributed by atoms with Crippen molar-refractivity contribution in [3.63, 3.8) is 0 Å². The Hall–Kier alpha value is -1.69. The van der Waals surface area contributed by atoms with Gasteiger partial charge in [-0.15, -0.1) is 0 Å². The van der Waals surface area contributed by atoms with Crippen LogP contribution in [0.1, 0.15) is 10.4 Å². The molecule has 0 radical (unpaired) electrons. The molecule has 0 atom stereocenters. The molecule has 3 N–H and O–H groups in total. The minimum Gasteiger partial charge on any atom is -0.365 e. The zero-order valence-corrected chi connectivity index (χ0v) is 7.99. The third-order valence-electron chi connectivity index (χ3n) is 1.67. The molecule has 1 amide bonds. The zero-order valence-electron chi connectivity index (χ0n) is 7.18. The van der Waals surface area contributed by atoms with Gasteiger partial charge in [0.2, 0.25) is 0 Å². The number of nitrogens with zero attached hydrogens (tertiary/aromatic N) is 2. The second kappa shape index (κ2) is 3.59. The van der Waals surface area contributed by atoms with Crippen LogP contribution >= 0.6 is 11.9 Å². The third kappa shape index (κ3) is 1.51. The first-order valence-electron chi connectivity index (χ1n) is 3.92. The van der Waals surface area contributed by atoms with Crippen LogP contribution in [-0.2, 0) is 0 Å². The minimum absolute atomic E-state index is 0.399. The number of anilines is 1. The van der Waals surface area contributed by atoms with Crippen LogP contribution in [0, 0.1) is 0 Å². The fourth-order valence-corrected chi connectivity index (χ4v) is 1.69. The van der Waals surface area contributed by atoms with E-state index in [0.29, 0.717) is 11.4 Å². The summed E-state index contributed by atoms with van der Waals surface area (Å²) in [6.07, 6.45) is 3.37. The van der Waals surface area contributed by atoms with E-state index in [1.54, 1.807) is 28.9 Å². The zero-order chi connectivity index (χ0) is 9.97. The number of nitrogens with two attached hydrogens (primary N) is 1. The van der Waals surface area contributed by atoms with Gasteiger partial charge in [-0.25, -0.2) is 9.40 Å². The molecule has 14 heavy (non-hydrogen) atoms. The Bertz CT molecular complexity index is 385. The smallest absolute Gasteiger partial charge is 0.252 e. The van der Waals surface area contributed by atoms with Gasteiger partial charge >= 0.3 is 0 Å². The van der Waals surface area contributed by atoms with Crippen LogP contribution < -0.4 is 15.6 Å². The molecule has 1 aliphatic rings. The largest absolute Gasteiger partial charge is 0.365 e. The van der Waals surface area contributed by atoms with E-state index < -0.39 is 5.91 Å². The van der Waals surface area contributed by atoms with Gasteiger partial charge in [-0.05, 0) is 12.1 Å². The van der Waals surface area contributed by atoms with Gasteiger partial charge in [-0.2, -0.15) is 0 Å². The molecule has 0 bridgehead atoms. The van der Waals surface area contributed by atoms with E-state index in [4.69, 9.17) is 5.73 Å². The average Bonchev–Trinajstić information content (AvgIpc) is 2.70. The average molecular weight is 208 g/mol. The van der Waals surface area contributed by atoms with Gasteiger partial charge in [0.15, 0.2) is 5.82 Å². The Morgan fingerprint density at radius 2 is 2.50 bits per heavy atom. The fourth-order valence-electron chi connectivity index (χ4n) is 1.08. The van der Waals surface area contributed by atoms with Gasteiger partial charge in [0.1, 0.15) is 0 Å². The topological polar surface area (TPSA) is 71.2 Å². The third-order valence-corrected chi connectivity index (χ3v) is 2.42. The fraction of sp³-hybridized carbons (Fsp3) is 0. The number of rotatable bonds is 2. The SMILES string of the molecule is NC(=O)c1cccnc1N1NC=CS1. The van der Waals surface area contributed by atoms with E-state index in [9.17, 15) is 4.79 Å². The molecule has 0 aromatic carbocycles. The molecule has 6 heteroatoms. The number of hydrogen-bond acceptors (Lipinski definition) is 5. The maximum Gasteiger partial charge on any atom is 0.252 e. The summed E-state index contributed by atoms with van der Waals surface area (Å²) in [6, 6.07) is 3.32. The molecule has 0 saturated heterocycles. The summed E-state index contributed by atoms with van der Waals surface area (Å²) in [5, 5.41) is 1.85. The van der Waals surface area contributed by atoms with Crippen LogP contribution in [-0.4, -0.2) is 10.9 Å². The number of hydrogen-bond donors (Lipinski definition) is 2. The molecule has 0 aliphatic carbocycles. The Morgan fingerprint density at radius 3 is 3.14 bits per heavy atom. The van der Waals surface area contributed by atoms with Gasteiger partial charge in [0.25, 0.3) is 5.91 Å². The molecule has 1 aromatic rings. The van der Waals surface area contributed by atoms with Gasteiger partial charge in [-0.1, -0.05) is 0 Å². The summed E-state index contributed by atoms with van der Waals surface area (Å²) in [5.41, 5.74) is 8.53. The van der Waals surface area contributed by atoms with Gasteiger partial charge in [-0.3, -0.25) is 10.2 Å². The molecule has 0 unspecified atom stereocenters. The molecule has 1 aliphatic heterocycles. The number of amides is 1. The monoisotopic (exact) mass is 208 g/mol. The van der Waals surface area contributed by atoms with E-state index in [1.807, 2.05) is 5.41 Å². The second-order valence-corrected chi connectivity index (χ2v) is 3.42. The summed E-state index contributed by atoms with van der Waals surface area (Å²) >= 11 is 1.40. The van der Waals surface area contributed by atoms with Gasteiger partial charge in [0.05, 0.1) is 5.56 Å². The lowest BCUT2D eigenvalue weighted by Crippen LogP contribution is -2.27. The molecule has 1 aromatic heterocycles. The van der Waals surface area contributed by atoms with Crippen LogP contribution in [0.15, 0.2) is 29.9 Å². The van der Waals surface area contributed by atoms with Crippen LogP contribution in [0.25, 0.3) is 0 Å². The quantitative estimate of drug-likeness (QED) is 0.697. The first-order chi connectivity index (χ1) is 6.79. The number of primary amides is 1. The standard InChI is InChI=1S/C8H8N4OS/c9-7(13)6-2-1-3-10-8(6)12-11-4-5-14-12/h1-5,11H,(H2,9,13). The van der Waals surface area contributed by atoms with Crippen LogP contribution in [0.2, 0.25) is 0 Å². The molecular weight excluding hydrogens is 200 g/mol. The highest BCUT2D eigenvalue weighted by Gasteiger charge is 2.16. The lowest BCUT2D eigenvalue weighted by atomic mass is 10.2. The number of carbonyl (C=O) groups is 1. The van der Waals surface area contributed by atoms with E-state index >= 15 is 0 Å². The Kier molecular flexibility index (Phi) is 2.28. The number of nitrogens with one attached hydrogen (secondary N) is 1. The lowest BCUT2D eigenvalue weighted by molar-refractivity contribution is 0.100. The molecule has 2 heterocycles. The van der Waals surface area contributed by atoms with Crippen molar-refractivity contribution in [1.29, 1.82) is 0 Å². The highest BCUT2D eigenvalue weighted by molar-refractivity contribution is 8.03. The predicted molar refractivity (Wildman–Crippen MR) is 55.1 cm³/mol. The molecule has 2 rings (SSSR count). The van der Waals surface area contributed by atoms with Gasteiger partial charge in [0, 0.05) is 29.8 Å². The Labute approximate surface area is 85.1 Å². The number of carbonyl (C=O) groups excluding carboxylic acids is 1. The van der Waals surface area contributed by atoms with E-state index in [-0.39, 0.29) is 0 Å². The Morgan fingerprint density at radius 1 is 1.64 bits per heavy atom. The first kappa shape index (κ1) is 8.89. The van der Waals surface area contributed by atoms with Crippen LogP contribution in [0.3, 0.4) is 0 Å². The van der Waals surface area contributed by atoms with Crippen molar-refractivity contribution in [2.45, 2.75) is 0 Å². The molecule has 0 saturated carbocycles. The van der Waals surface area contributed by atoms with Gasteiger partial charge < -0.3 is 5.73 Å². The van der Waals surface area contributed by atoms with Crippen molar-refractivity contribution < 1.29 is 4.79 Å². The molecule has 0 fully saturated rings. The molecule has 0 spiro atoms. The molecule has 5 nitrogen and oxygen atoms in total. The maximum absolute atomic E-state index is 11.1. The van der Waals surface area contributed by atoms with Crippen molar-refractivity contribution in [1.82, 2.24) is 10.4 Å². The Balaban J connectivity index is 2.36. The molecular formula is C8H8N4OS. The summed E-state index contributed by atoms with van der Waals surface area (Å²) < 4.78 is 1.67. The lowest BCUT2D eigenvalue weighted by Gasteiger charge is -2.16. The summed E-state index contributed by atoms with van der Waals surface area (Å²) in [5.74, 6) is 0.0393. The number of hydrazine groups is 1. The summed E-state index contributed by atoms with van der Waals surface area (Å²) in [6.45, 7) is 0. The highest BCUT2D eigenvalue weighted by atomic mass is 32.2. The van der Waals surface area contributed by atoms with Crippen molar-refractivity contribution >= 4 is 23.7 Å².